The summed E-state index contributed by atoms with van der Waals surface area (Å²) in [6, 6.07) is 8.35. The van der Waals surface area contributed by atoms with Crippen LogP contribution >= 0.6 is 0 Å². The van der Waals surface area contributed by atoms with Crippen LogP contribution in [0.2, 0.25) is 1.41 Å². The van der Waals surface area contributed by atoms with Gasteiger partial charge in [-0.1, -0.05) is 42.5 Å². The van der Waals surface area contributed by atoms with Crippen molar-refractivity contribution in [2.75, 3.05) is 32.6 Å². The molecule has 2 aromatic rings. The number of amides is 3. The Labute approximate surface area is 285 Å². The van der Waals surface area contributed by atoms with E-state index in [1.54, 1.807) is 30.3 Å². The van der Waals surface area contributed by atoms with Gasteiger partial charge in [-0.05, 0) is 36.1 Å². The molecular formula is C30H41N5O12S2. The molecule has 0 aliphatic heterocycles. The lowest BCUT2D eigenvalue weighted by Gasteiger charge is -2.35. The van der Waals surface area contributed by atoms with E-state index in [4.69, 9.17) is 11.7 Å². The fourth-order valence-corrected chi connectivity index (χ4v) is 5.77. The second-order valence-corrected chi connectivity index (χ2v) is 14.6. The van der Waals surface area contributed by atoms with Gasteiger partial charge in [0.1, 0.15) is 29.1 Å². The van der Waals surface area contributed by atoms with Crippen molar-refractivity contribution in [1.82, 2.24) is 15.1 Å². The highest BCUT2D eigenvalue weighted by Crippen LogP contribution is 2.17. The van der Waals surface area contributed by atoms with Crippen LogP contribution in [0.4, 0.5) is 0 Å². The largest absolute Gasteiger partial charge is 0.481 e. The molecule has 0 fully saturated rings. The molecule has 0 heterocycles. The summed E-state index contributed by atoms with van der Waals surface area (Å²) in [4.78, 5) is 66.5. The third-order valence-corrected chi connectivity index (χ3v) is 8.82. The fraction of sp³-hybridized carbons (Fsp3) is 0.433. The Morgan fingerprint density at radius 3 is 1.98 bits per heavy atom. The number of primary amides is 1. The highest BCUT2D eigenvalue weighted by molar-refractivity contribution is 7.90. The van der Waals surface area contributed by atoms with Crippen LogP contribution < -0.4 is 21.0 Å². The van der Waals surface area contributed by atoms with E-state index in [0.29, 0.717) is 11.1 Å². The van der Waals surface area contributed by atoms with E-state index in [-0.39, 0.29) is 25.0 Å². The van der Waals surface area contributed by atoms with Gasteiger partial charge in [0.05, 0.1) is 30.8 Å². The molecule has 49 heavy (non-hydrogen) atoms. The van der Waals surface area contributed by atoms with E-state index in [9.17, 15) is 45.9 Å². The smallest absolute Gasteiger partial charge is 0.446 e. The van der Waals surface area contributed by atoms with Crippen LogP contribution in [0.25, 0.3) is 0 Å². The lowest BCUT2D eigenvalue weighted by molar-refractivity contribution is -0.151. The van der Waals surface area contributed by atoms with Gasteiger partial charge >= 0.3 is 16.4 Å². The molecule has 7 N–H and O–H groups in total. The van der Waals surface area contributed by atoms with Crippen LogP contribution in [-0.4, -0.2) is 123 Å². The monoisotopic (exact) mass is 728 g/mol. The Morgan fingerprint density at radius 2 is 1.47 bits per heavy atom. The van der Waals surface area contributed by atoms with Crippen LogP contribution in [-0.2, 0) is 57.1 Å². The number of carboxylic acid groups (broad SMARTS) is 1. The number of carbonyl (C=O) groups is 5. The van der Waals surface area contributed by atoms with Gasteiger partial charge in [0.2, 0.25) is 17.7 Å². The SMILES string of the molecule is [2H]N[C@@H](Cc1ccc(OS(=O)(=O)O)cc1)C(=O)CN[C@@H](CCS(C)(=O)=O)C(=O)N(C)[C@H](CC(=O)O)C(=O)N(C)[C@@H](Cc1ccccc1)C(N)=O. The van der Waals surface area contributed by atoms with Crippen molar-refractivity contribution >= 4 is 49.7 Å². The fourth-order valence-electron chi connectivity index (χ4n) is 4.75. The number of nitrogens with two attached hydrogens (primary N) is 2. The number of likely N-dealkylation sites (N-methyl/N-ethyl adjacent to an activating group) is 2. The Balaban J connectivity index is 2.27. The van der Waals surface area contributed by atoms with Gasteiger partial charge < -0.3 is 30.5 Å². The number of nitrogens with one attached hydrogen (secondary N) is 1. The first-order valence-electron chi connectivity index (χ1n) is 15.2. The summed E-state index contributed by atoms with van der Waals surface area (Å²) in [5.74, 6) is -5.53. The predicted molar refractivity (Wildman–Crippen MR) is 176 cm³/mol. The molecule has 17 nitrogen and oxygen atoms in total. The summed E-state index contributed by atoms with van der Waals surface area (Å²) in [6.45, 7) is -0.563. The number of ketones is 1. The average molecular weight is 729 g/mol. The molecule has 19 heteroatoms. The van der Waals surface area contributed by atoms with Crippen LogP contribution in [0.1, 0.15) is 24.0 Å². The first-order chi connectivity index (χ1) is 23.2. The highest BCUT2D eigenvalue weighted by atomic mass is 32.3. The quantitative estimate of drug-likeness (QED) is 0.0921. The third kappa shape index (κ3) is 13.9. The molecule has 4 atom stereocenters. The molecule has 0 aromatic heterocycles. The van der Waals surface area contributed by atoms with Gasteiger partial charge in [-0.25, -0.2) is 8.42 Å². The van der Waals surface area contributed by atoms with Gasteiger partial charge in [0.15, 0.2) is 5.78 Å². The number of nitrogens with zero attached hydrogens (tertiary/aromatic N) is 2. The van der Waals surface area contributed by atoms with Gasteiger partial charge in [-0.3, -0.25) is 33.8 Å². The zero-order chi connectivity index (χ0) is 37.8. The minimum absolute atomic E-state index is 0.00418. The summed E-state index contributed by atoms with van der Waals surface area (Å²) < 4.78 is 66.6. The van der Waals surface area contributed by atoms with E-state index in [1.807, 2.05) is 0 Å². The van der Waals surface area contributed by atoms with Crippen molar-refractivity contribution < 1.29 is 56.1 Å². The van der Waals surface area contributed by atoms with Crippen LogP contribution in [0.3, 0.4) is 0 Å². The average Bonchev–Trinajstić information content (AvgIpc) is 3.03. The molecule has 2 rings (SSSR count). The summed E-state index contributed by atoms with van der Waals surface area (Å²) in [5.41, 5.74) is 8.79. The van der Waals surface area contributed by atoms with Crippen molar-refractivity contribution in [3.63, 3.8) is 0 Å². The second-order valence-electron chi connectivity index (χ2n) is 11.3. The van der Waals surface area contributed by atoms with E-state index < -0.39 is 92.6 Å². The van der Waals surface area contributed by atoms with E-state index >= 15 is 0 Å². The normalized spacial score (nSPS) is 14.4. The zero-order valence-corrected chi connectivity index (χ0v) is 28.6. The number of hydrogen-bond acceptors (Lipinski definition) is 12. The van der Waals surface area contributed by atoms with Crippen LogP contribution in [0, 0.1) is 0 Å². The maximum atomic E-state index is 13.8. The molecule has 0 radical (unpaired) electrons. The molecule has 0 unspecified atom stereocenters. The van der Waals surface area contributed by atoms with E-state index in [1.165, 1.54) is 31.3 Å². The van der Waals surface area contributed by atoms with E-state index in [0.717, 1.165) is 23.1 Å². The van der Waals surface area contributed by atoms with Crippen LogP contribution in [0.5, 0.6) is 5.75 Å². The maximum absolute atomic E-state index is 13.8. The van der Waals surface area contributed by atoms with Gasteiger partial charge in [-0.15, -0.1) is 0 Å². The Hall–Kier alpha value is -4.43. The number of rotatable bonds is 21. The maximum Gasteiger partial charge on any atom is 0.446 e. The summed E-state index contributed by atoms with van der Waals surface area (Å²) >= 11 is 0. The molecule has 0 saturated carbocycles. The third-order valence-electron chi connectivity index (χ3n) is 7.44. The first-order valence-corrected chi connectivity index (χ1v) is 18.1. The standard InChI is InChI=1S/C30H41N5O12S2/c1-34(24(28(32)39)16-19-7-5-4-6-8-19)30(41)25(17-27(37)38)35(2)29(40)23(13-14-48(3,42)43)33-18-26(36)22(31)15-20-9-11-21(12-10-20)47-49(44,45)46/h4-12,22-25,33H,13-18,31H2,1-3H3,(H2,32,39)(H,37,38)(H,44,45,46)/t22-,23-,24-,25+/m0/s1/i/hD. The molecule has 270 valence electrons. The van der Waals surface area contributed by atoms with Crippen molar-refractivity contribution in [2.45, 2.75) is 49.9 Å². The number of carboxylic acids is 1. The highest BCUT2D eigenvalue weighted by Gasteiger charge is 2.37. The molecule has 3 amide bonds. The van der Waals surface area contributed by atoms with E-state index in [2.05, 4.69) is 15.2 Å². The Bertz CT molecular complexity index is 1730. The second kappa shape index (κ2) is 17.8. The van der Waals surface area contributed by atoms with Crippen molar-refractivity contribution in [3.05, 3.63) is 65.7 Å². The van der Waals surface area contributed by atoms with Crippen molar-refractivity contribution in [3.8, 4) is 5.75 Å². The molecule has 0 spiro atoms. The molecule has 0 bridgehead atoms. The molecular weight excluding hydrogens is 686 g/mol. The molecule has 0 saturated heterocycles. The lowest BCUT2D eigenvalue weighted by atomic mass is 10.0. The Morgan fingerprint density at radius 1 is 0.898 bits per heavy atom. The van der Waals surface area contributed by atoms with Crippen molar-refractivity contribution in [1.29, 1.82) is 0 Å². The summed E-state index contributed by atoms with van der Waals surface area (Å²) in [7, 11) is -6.01. The lowest BCUT2D eigenvalue weighted by Crippen LogP contribution is -2.58. The molecule has 0 aliphatic carbocycles. The van der Waals surface area contributed by atoms with Gasteiger partial charge in [0, 0.05) is 26.8 Å². The minimum atomic E-state index is -4.76. The topological polar surface area (TPSA) is 274 Å². The van der Waals surface area contributed by atoms with Gasteiger partial charge in [-0.2, -0.15) is 8.42 Å². The number of carbonyl (C=O) groups excluding carboxylic acids is 4. The predicted octanol–water partition coefficient (Wildman–Crippen LogP) is -1.44. The molecule has 2 aromatic carbocycles. The van der Waals surface area contributed by atoms with Gasteiger partial charge in [0.25, 0.3) is 0 Å². The zero-order valence-electron chi connectivity index (χ0n) is 28.0. The summed E-state index contributed by atoms with van der Waals surface area (Å²) in [5, 5.41) is 12.3. The van der Waals surface area contributed by atoms with Crippen LogP contribution in [0.15, 0.2) is 54.6 Å². The Kier molecular flexibility index (Phi) is 14.2. The number of Topliss-reactive ketones (excluding diaryl/α,β-unsaturated/α-hetero) is 1. The number of hydrogen-bond donors (Lipinski definition) is 5. The summed E-state index contributed by atoms with van der Waals surface area (Å²) in [6.07, 6.45) is -0.393. The number of benzene rings is 2. The number of aliphatic carboxylic acids is 1. The minimum Gasteiger partial charge on any atom is -0.481 e. The first kappa shape index (κ1) is 39.0. The molecule has 0 aliphatic rings. The van der Waals surface area contributed by atoms with Crippen molar-refractivity contribution in [2.24, 2.45) is 11.5 Å². The number of sulfone groups is 1.